The van der Waals surface area contributed by atoms with E-state index in [1.165, 1.54) is 7.11 Å². The van der Waals surface area contributed by atoms with Crippen molar-refractivity contribution in [3.63, 3.8) is 0 Å². The van der Waals surface area contributed by atoms with Crippen LogP contribution >= 0.6 is 24.0 Å². The molecule has 0 fully saturated rings. The van der Waals surface area contributed by atoms with Crippen LogP contribution in [0.5, 0.6) is 0 Å². The third-order valence-electron chi connectivity index (χ3n) is 4.80. The van der Waals surface area contributed by atoms with Gasteiger partial charge in [0.25, 0.3) is 0 Å². The van der Waals surface area contributed by atoms with Crippen LogP contribution in [0.1, 0.15) is 31.2 Å². The van der Waals surface area contributed by atoms with Gasteiger partial charge in [-0.05, 0) is 25.5 Å². The fourth-order valence-electron chi connectivity index (χ4n) is 3.49. The largest absolute Gasteiger partial charge is 0.466 e. The molecule has 3 rings (SSSR count). The lowest BCUT2D eigenvalue weighted by Gasteiger charge is -2.31. The van der Waals surface area contributed by atoms with Gasteiger partial charge in [0.2, 0.25) is 0 Å². The van der Waals surface area contributed by atoms with Crippen molar-refractivity contribution in [2.75, 3.05) is 20.3 Å². The SMILES string of the molecule is CCOC(=O)C1=C(COCc2ncc[nH]2)NC(C)=C(C(=O)OC)C1c1ccccc1Cl.Cl. The molecule has 1 aromatic carbocycles. The summed E-state index contributed by atoms with van der Waals surface area (Å²) in [6.45, 7) is 3.92. The van der Waals surface area contributed by atoms with Gasteiger partial charge in [0.05, 0.1) is 43.1 Å². The van der Waals surface area contributed by atoms with E-state index in [0.29, 0.717) is 27.8 Å². The third-order valence-corrected chi connectivity index (χ3v) is 5.15. The zero-order valence-electron chi connectivity index (χ0n) is 17.9. The highest BCUT2D eigenvalue weighted by molar-refractivity contribution is 6.31. The number of hydrogen-bond donors (Lipinski definition) is 2. The summed E-state index contributed by atoms with van der Waals surface area (Å²) in [6.07, 6.45) is 3.33. The minimum absolute atomic E-state index is 0. The number of carbonyl (C=O) groups excluding carboxylic acids is 2. The molecule has 172 valence electrons. The number of methoxy groups -OCH3 is 1. The summed E-state index contributed by atoms with van der Waals surface area (Å²) in [4.78, 5) is 32.8. The molecule has 1 unspecified atom stereocenters. The van der Waals surface area contributed by atoms with Crippen LogP contribution in [-0.2, 0) is 30.4 Å². The molecule has 1 atom stereocenters. The number of nitrogens with one attached hydrogen (secondary N) is 2. The predicted molar refractivity (Wildman–Crippen MR) is 121 cm³/mol. The highest BCUT2D eigenvalue weighted by Gasteiger charge is 2.39. The average molecular weight is 482 g/mol. The van der Waals surface area contributed by atoms with Gasteiger partial charge < -0.3 is 24.5 Å². The molecular formula is C22H25Cl2N3O5. The van der Waals surface area contributed by atoms with Crippen molar-refractivity contribution in [2.45, 2.75) is 26.4 Å². The number of H-pyrrole nitrogens is 1. The number of esters is 2. The molecule has 0 spiro atoms. The molecule has 8 nitrogen and oxygen atoms in total. The van der Waals surface area contributed by atoms with Gasteiger partial charge in [-0.3, -0.25) is 0 Å². The zero-order chi connectivity index (χ0) is 22.4. The summed E-state index contributed by atoms with van der Waals surface area (Å²) in [6, 6.07) is 7.06. The molecule has 0 saturated carbocycles. The van der Waals surface area contributed by atoms with Crippen LogP contribution in [0.15, 0.2) is 59.2 Å². The number of allylic oxidation sites excluding steroid dienone is 1. The molecule has 10 heteroatoms. The Morgan fingerprint density at radius 3 is 2.53 bits per heavy atom. The maximum atomic E-state index is 13.0. The highest BCUT2D eigenvalue weighted by atomic mass is 35.5. The second-order valence-corrected chi connectivity index (χ2v) is 7.16. The van der Waals surface area contributed by atoms with Crippen LogP contribution < -0.4 is 5.32 Å². The number of imidazole rings is 1. The fraction of sp³-hybridized carbons (Fsp3) is 0.318. The normalized spacial score (nSPS) is 15.7. The van der Waals surface area contributed by atoms with Crippen molar-refractivity contribution < 1.29 is 23.8 Å². The quantitative estimate of drug-likeness (QED) is 0.554. The van der Waals surface area contributed by atoms with Gasteiger partial charge in [0.1, 0.15) is 12.4 Å². The van der Waals surface area contributed by atoms with E-state index in [0.717, 1.165) is 0 Å². The van der Waals surface area contributed by atoms with E-state index >= 15 is 0 Å². The van der Waals surface area contributed by atoms with Crippen LogP contribution in [0, 0.1) is 0 Å². The first-order chi connectivity index (χ1) is 15.0. The van der Waals surface area contributed by atoms with Crippen LogP contribution in [0.2, 0.25) is 5.02 Å². The Morgan fingerprint density at radius 2 is 1.91 bits per heavy atom. The molecule has 0 saturated heterocycles. The van der Waals surface area contributed by atoms with Crippen molar-refractivity contribution in [2.24, 2.45) is 0 Å². The van der Waals surface area contributed by atoms with E-state index in [2.05, 4.69) is 15.3 Å². The Balaban J connectivity index is 0.00000363. The topological polar surface area (TPSA) is 103 Å². The number of nitrogens with zero attached hydrogens (tertiary/aromatic N) is 1. The first-order valence-corrected chi connectivity index (χ1v) is 10.1. The van der Waals surface area contributed by atoms with Gasteiger partial charge in [-0.1, -0.05) is 29.8 Å². The van der Waals surface area contributed by atoms with Crippen LogP contribution in [0.3, 0.4) is 0 Å². The number of halogens is 2. The monoisotopic (exact) mass is 481 g/mol. The summed E-state index contributed by atoms with van der Waals surface area (Å²) in [5, 5.41) is 3.55. The zero-order valence-corrected chi connectivity index (χ0v) is 19.5. The Hall–Kier alpha value is -2.81. The van der Waals surface area contributed by atoms with E-state index in [1.807, 2.05) is 0 Å². The molecular weight excluding hydrogens is 457 g/mol. The lowest BCUT2D eigenvalue weighted by Crippen LogP contribution is -2.34. The lowest BCUT2D eigenvalue weighted by atomic mass is 9.80. The van der Waals surface area contributed by atoms with Gasteiger partial charge in [-0.15, -0.1) is 12.4 Å². The number of hydrogen-bond acceptors (Lipinski definition) is 7. The van der Waals surface area contributed by atoms with E-state index < -0.39 is 17.9 Å². The van der Waals surface area contributed by atoms with Crippen molar-refractivity contribution >= 4 is 35.9 Å². The lowest BCUT2D eigenvalue weighted by molar-refractivity contribution is -0.139. The maximum absolute atomic E-state index is 13.0. The molecule has 0 amide bonds. The van der Waals surface area contributed by atoms with E-state index in [1.54, 1.807) is 50.5 Å². The summed E-state index contributed by atoms with van der Waals surface area (Å²) >= 11 is 6.47. The van der Waals surface area contributed by atoms with Crippen molar-refractivity contribution in [1.82, 2.24) is 15.3 Å². The third kappa shape index (κ3) is 5.51. The molecule has 2 aromatic rings. The van der Waals surface area contributed by atoms with Gasteiger partial charge in [0.15, 0.2) is 0 Å². The number of carbonyl (C=O) groups is 2. The number of benzene rings is 1. The predicted octanol–water partition coefficient (Wildman–Crippen LogP) is 3.65. The molecule has 0 bridgehead atoms. The molecule has 1 aliphatic rings. The summed E-state index contributed by atoms with van der Waals surface area (Å²) in [7, 11) is 1.29. The van der Waals surface area contributed by atoms with E-state index in [-0.39, 0.29) is 43.4 Å². The Morgan fingerprint density at radius 1 is 1.16 bits per heavy atom. The van der Waals surface area contributed by atoms with Crippen LogP contribution in [-0.4, -0.2) is 42.2 Å². The summed E-state index contributed by atoms with van der Waals surface area (Å²) < 4.78 is 16.1. The molecule has 0 aliphatic carbocycles. The van der Waals surface area contributed by atoms with Crippen LogP contribution in [0.25, 0.3) is 0 Å². The maximum Gasteiger partial charge on any atom is 0.336 e. The molecule has 2 N–H and O–H groups in total. The summed E-state index contributed by atoms with van der Waals surface area (Å²) in [5.74, 6) is -1.25. The van der Waals surface area contributed by atoms with Crippen LogP contribution in [0.4, 0.5) is 0 Å². The highest BCUT2D eigenvalue weighted by Crippen LogP contribution is 2.41. The van der Waals surface area contributed by atoms with Crippen molar-refractivity contribution in [3.8, 4) is 0 Å². The number of rotatable bonds is 8. The average Bonchev–Trinajstić information content (AvgIpc) is 3.27. The van der Waals surface area contributed by atoms with E-state index in [4.69, 9.17) is 25.8 Å². The Kier molecular flexibility index (Phi) is 9.31. The molecule has 0 radical (unpaired) electrons. The van der Waals surface area contributed by atoms with Crippen molar-refractivity contribution in [3.05, 3.63) is 75.6 Å². The summed E-state index contributed by atoms with van der Waals surface area (Å²) in [5.41, 5.74) is 2.16. The molecule has 1 aliphatic heterocycles. The van der Waals surface area contributed by atoms with Crippen molar-refractivity contribution in [1.29, 1.82) is 0 Å². The number of ether oxygens (including phenoxy) is 3. The first kappa shape index (κ1) is 25.5. The van der Waals surface area contributed by atoms with Gasteiger partial charge in [0, 0.05) is 23.1 Å². The second-order valence-electron chi connectivity index (χ2n) is 6.75. The van der Waals surface area contributed by atoms with Gasteiger partial charge >= 0.3 is 11.9 Å². The number of aromatic nitrogens is 2. The minimum Gasteiger partial charge on any atom is -0.466 e. The standard InChI is InChI=1S/C22H24ClN3O5.ClH/c1-4-31-22(28)20-16(11-30-12-17-24-9-10-25-17)26-13(2)18(21(27)29-3)19(20)14-7-5-6-8-15(14)23;/h5-10,19,26H,4,11-12H2,1-3H3,(H,24,25);1H. The Bertz CT molecular complexity index is 1020. The number of aromatic amines is 1. The van der Waals surface area contributed by atoms with Gasteiger partial charge in [-0.25, -0.2) is 14.6 Å². The minimum atomic E-state index is -0.774. The molecule has 2 heterocycles. The number of dihydropyridines is 1. The smallest absolute Gasteiger partial charge is 0.336 e. The fourth-order valence-corrected chi connectivity index (χ4v) is 3.73. The molecule has 1 aromatic heterocycles. The first-order valence-electron chi connectivity index (χ1n) is 9.74. The second kappa shape index (κ2) is 11.7. The van der Waals surface area contributed by atoms with E-state index in [9.17, 15) is 9.59 Å². The molecule has 32 heavy (non-hydrogen) atoms. The van der Waals surface area contributed by atoms with Gasteiger partial charge in [-0.2, -0.15) is 0 Å². The Labute approximate surface area is 197 Å².